The molecule has 1 aromatic carbocycles. The molecule has 0 radical (unpaired) electrons. The van der Waals surface area contributed by atoms with Crippen molar-refractivity contribution in [3.63, 3.8) is 0 Å². The van der Waals surface area contributed by atoms with Crippen molar-refractivity contribution in [1.82, 2.24) is 9.97 Å². The van der Waals surface area contributed by atoms with Crippen LogP contribution in [0.4, 0.5) is 5.69 Å². The van der Waals surface area contributed by atoms with Crippen LogP contribution in [-0.2, 0) is 11.2 Å². The minimum absolute atomic E-state index is 0.0661. The molecule has 5 nitrogen and oxygen atoms in total. The number of carbonyl (C=O) groups excluding carboxylic acids is 1. The van der Waals surface area contributed by atoms with Crippen LogP contribution in [0, 0.1) is 13.8 Å². The number of benzene rings is 1. The van der Waals surface area contributed by atoms with Gasteiger partial charge in [-0.3, -0.25) is 4.79 Å². The molecule has 0 unspecified atom stereocenters. The highest BCUT2D eigenvalue weighted by molar-refractivity contribution is 8.00. The van der Waals surface area contributed by atoms with Gasteiger partial charge in [0.05, 0.1) is 18.6 Å². The first-order chi connectivity index (χ1) is 14.0. The van der Waals surface area contributed by atoms with Crippen molar-refractivity contribution in [3.05, 3.63) is 40.0 Å². The van der Waals surface area contributed by atoms with Crippen LogP contribution in [0.1, 0.15) is 47.5 Å². The Labute approximate surface area is 179 Å². The Morgan fingerprint density at radius 3 is 2.79 bits per heavy atom. The number of nitrogens with zero attached hydrogens (tertiary/aromatic N) is 2. The lowest BCUT2D eigenvalue weighted by molar-refractivity contribution is -0.113. The summed E-state index contributed by atoms with van der Waals surface area (Å²) in [7, 11) is 1.61. The number of nitrogens with one attached hydrogen (secondary N) is 1. The Hall–Kier alpha value is -2.12. The Morgan fingerprint density at radius 2 is 2.10 bits per heavy atom. The number of rotatable bonds is 7. The number of hydrogen-bond donors (Lipinski definition) is 1. The van der Waals surface area contributed by atoms with Crippen molar-refractivity contribution in [2.24, 2.45) is 0 Å². The first-order valence-corrected chi connectivity index (χ1v) is 11.7. The van der Waals surface area contributed by atoms with Crippen LogP contribution < -0.4 is 10.1 Å². The molecule has 0 atom stereocenters. The lowest BCUT2D eigenvalue weighted by Gasteiger charge is -2.11. The normalized spacial score (nSPS) is 13.7. The zero-order valence-corrected chi connectivity index (χ0v) is 18.8. The lowest BCUT2D eigenvalue weighted by Crippen LogP contribution is -2.15. The molecule has 1 aliphatic rings. The number of aromatic nitrogens is 2. The maximum Gasteiger partial charge on any atom is 0.234 e. The molecule has 4 rings (SSSR count). The molecule has 1 amide bonds. The van der Waals surface area contributed by atoms with Crippen molar-refractivity contribution < 1.29 is 9.53 Å². The number of thiophene rings is 1. The highest BCUT2D eigenvalue weighted by Crippen LogP contribution is 2.42. The highest BCUT2D eigenvalue weighted by atomic mass is 32.2. The molecular formula is C22H25N3O2S2. The zero-order chi connectivity index (χ0) is 20.5. The molecule has 2 aromatic heterocycles. The SMILES string of the molecule is CCc1c(C)sc2nc(C3CC3)nc(SCC(=O)Nc3cc(C)ccc3OC)c12. The van der Waals surface area contributed by atoms with E-state index in [1.807, 2.05) is 25.1 Å². The van der Waals surface area contributed by atoms with Gasteiger partial charge in [-0.05, 0) is 56.4 Å². The molecule has 1 saturated carbocycles. The Kier molecular flexibility index (Phi) is 5.79. The van der Waals surface area contributed by atoms with E-state index in [0.29, 0.717) is 23.1 Å². The molecule has 0 spiro atoms. The van der Waals surface area contributed by atoms with Crippen LogP contribution in [0.25, 0.3) is 10.2 Å². The van der Waals surface area contributed by atoms with Crippen molar-refractivity contribution in [1.29, 1.82) is 0 Å². The van der Waals surface area contributed by atoms with Crippen molar-refractivity contribution in [2.45, 2.75) is 51.0 Å². The van der Waals surface area contributed by atoms with Crippen molar-refractivity contribution >= 4 is 44.9 Å². The summed E-state index contributed by atoms with van der Waals surface area (Å²) in [4.78, 5) is 24.7. The van der Waals surface area contributed by atoms with E-state index in [0.717, 1.165) is 45.9 Å². The number of aryl methyl sites for hydroxylation is 3. The molecule has 0 aliphatic heterocycles. The number of ether oxygens (including phenoxy) is 1. The summed E-state index contributed by atoms with van der Waals surface area (Å²) in [5.41, 5.74) is 3.07. The van der Waals surface area contributed by atoms with Gasteiger partial charge in [0.1, 0.15) is 21.4 Å². The summed E-state index contributed by atoms with van der Waals surface area (Å²) in [6.45, 7) is 6.30. The van der Waals surface area contributed by atoms with Crippen LogP contribution in [0.15, 0.2) is 23.2 Å². The number of fused-ring (bicyclic) bond motifs is 1. The summed E-state index contributed by atoms with van der Waals surface area (Å²) in [6.07, 6.45) is 3.26. The van der Waals surface area contributed by atoms with Gasteiger partial charge >= 0.3 is 0 Å². The zero-order valence-electron chi connectivity index (χ0n) is 17.2. The smallest absolute Gasteiger partial charge is 0.234 e. The number of amides is 1. The second-order valence-corrected chi connectivity index (χ2v) is 9.54. The Morgan fingerprint density at radius 1 is 1.31 bits per heavy atom. The Balaban J connectivity index is 1.57. The van der Waals surface area contributed by atoms with Crippen LogP contribution >= 0.6 is 23.1 Å². The first-order valence-electron chi connectivity index (χ1n) is 9.87. The third kappa shape index (κ3) is 4.26. The topological polar surface area (TPSA) is 64.1 Å². The minimum atomic E-state index is -0.0661. The predicted molar refractivity (Wildman–Crippen MR) is 121 cm³/mol. The predicted octanol–water partition coefficient (Wildman–Crippen LogP) is 5.49. The van der Waals surface area contributed by atoms with E-state index in [4.69, 9.17) is 14.7 Å². The van der Waals surface area contributed by atoms with Gasteiger partial charge in [0.2, 0.25) is 5.91 Å². The fourth-order valence-electron chi connectivity index (χ4n) is 3.44. The summed E-state index contributed by atoms with van der Waals surface area (Å²) >= 11 is 3.24. The quantitative estimate of drug-likeness (QED) is 0.399. The van der Waals surface area contributed by atoms with E-state index in [2.05, 4.69) is 19.2 Å². The van der Waals surface area contributed by atoms with Crippen LogP contribution in [0.2, 0.25) is 0 Å². The number of carbonyl (C=O) groups is 1. The molecule has 1 N–H and O–H groups in total. The maximum absolute atomic E-state index is 12.7. The molecular weight excluding hydrogens is 402 g/mol. The van der Waals surface area contributed by atoms with E-state index in [1.54, 1.807) is 18.4 Å². The molecule has 3 aromatic rings. The number of thioether (sulfide) groups is 1. The van der Waals surface area contributed by atoms with E-state index in [-0.39, 0.29) is 5.91 Å². The second kappa shape index (κ2) is 8.32. The van der Waals surface area contributed by atoms with E-state index < -0.39 is 0 Å². The third-order valence-corrected chi connectivity index (χ3v) is 7.12. The molecule has 2 heterocycles. The summed E-state index contributed by atoms with van der Waals surface area (Å²) in [5.74, 6) is 2.31. The van der Waals surface area contributed by atoms with Crippen LogP contribution in [0.5, 0.6) is 5.75 Å². The molecule has 7 heteroatoms. The molecule has 29 heavy (non-hydrogen) atoms. The fourth-order valence-corrected chi connectivity index (χ4v) is 5.49. The molecule has 1 fully saturated rings. The minimum Gasteiger partial charge on any atom is -0.495 e. The molecule has 152 valence electrons. The second-order valence-electron chi connectivity index (χ2n) is 7.37. The molecule has 0 saturated heterocycles. The third-order valence-electron chi connectivity index (χ3n) is 5.10. The lowest BCUT2D eigenvalue weighted by atomic mass is 10.1. The van der Waals surface area contributed by atoms with Gasteiger partial charge in [0.15, 0.2) is 0 Å². The van der Waals surface area contributed by atoms with Gasteiger partial charge < -0.3 is 10.1 Å². The van der Waals surface area contributed by atoms with Gasteiger partial charge in [0.25, 0.3) is 0 Å². The standard InChI is InChI=1S/C22H25N3O2S2/c1-5-15-13(3)29-22-19(15)21(24-20(25-22)14-7-8-14)28-11-18(26)23-16-10-12(2)6-9-17(16)27-4/h6,9-10,14H,5,7-8,11H2,1-4H3,(H,23,26). The summed E-state index contributed by atoms with van der Waals surface area (Å²) in [6, 6.07) is 5.76. The highest BCUT2D eigenvalue weighted by Gasteiger charge is 2.29. The first kappa shape index (κ1) is 20.2. The number of methoxy groups -OCH3 is 1. The van der Waals surface area contributed by atoms with Crippen LogP contribution in [-0.4, -0.2) is 28.7 Å². The molecule has 1 aliphatic carbocycles. The van der Waals surface area contributed by atoms with E-state index in [9.17, 15) is 4.79 Å². The Bertz CT molecular complexity index is 1070. The monoisotopic (exact) mass is 427 g/mol. The van der Waals surface area contributed by atoms with Gasteiger partial charge in [0, 0.05) is 16.2 Å². The largest absolute Gasteiger partial charge is 0.495 e. The summed E-state index contributed by atoms with van der Waals surface area (Å²) < 4.78 is 5.36. The van der Waals surface area contributed by atoms with Crippen LogP contribution in [0.3, 0.4) is 0 Å². The average molecular weight is 428 g/mol. The van der Waals surface area contributed by atoms with Crippen molar-refractivity contribution in [3.8, 4) is 5.75 Å². The van der Waals surface area contributed by atoms with E-state index >= 15 is 0 Å². The van der Waals surface area contributed by atoms with Crippen molar-refractivity contribution in [2.75, 3.05) is 18.2 Å². The van der Waals surface area contributed by atoms with Gasteiger partial charge in [-0.15, -0.1) is 11.3 Å². The molecule has 0 bridgehead atoms. The van der Waals surface area contributed by atoms with E-state index in [1.165, 1.54) is 22.2 Å². The van der Waals surface area contributed by atoms with Gasteiger partial charge in [-0.25, -0.2) is 9.97 Å². The average Bonchev–Trinajstić information content (AvgIpc) is 3.49. The van der Waals surface area contributed by atoms with Gasteiger partial charge in [-0.2, -0.15) is 0 Å². The number of hydrogen-bond acceptors (Lipinski definition) is 6. The number of anilines is 1. The van der Waals surface area contributed by atoms with Gasteiger partial charge in [-0.1, -0.05) is 24.8 Å². The maximum atomic E-state index is 12.7. The summed E-state index contributed by atoms with van der Waals surface area (Å²) in [5, 5.41) is 5.04. The fraction of sp³-hybridized carbons (Fsp3) is 0.409.